The lowest BCUT2D eigenvalue weighted by atomic mass is 10.2. The van der Waals surface area contributed by atoms with Gasteiger partial charge in [-0.3, -0.25) is 0 Å². The van der Waals surface area contributed by atoms with Crippen LogP contribution >= 0.6 is 0 Å². The second-order valence-electron chi connectivity index (χ2n) is 6.51. The zero-order chi connectivity index (χ0) is 19.3. The first-order valence-electron chi connectivity index (χ1n) is 9.21. The number of piperazine rings is 1. The number of benzene rings is 2. The number of hydrogen-bond acceptors (Lipinski definition) is 6. The predicted molar refractivity (Wildman–Crippen MR) is 109 cm³/mol. The average Bonchev–Trinajstić information content (AvgIpc) is 2.76. The molecule has 1 fully saturated rings. The number of para-hydroxylation sites is 3. The monoisotopic (exact) mass is 379 g/mol. The van der Waals surface area contributed by atoms with Crippen molar-refractivity contribution in [2.24, 2.45) is 0 Å². The van der Waals surface area contributed by atoms with Gasteiger partial charge in [0.15, 0.2) is 0 Å². The summed E-state index contributed by atoms with van der Waals surface area (Å²) in [5.74, 6) is 1.97. The van der Waals surface area contributed by atoms with Crippen LogP contribution < -0.4 is 19.9 Å². The van der Waals surface area contributed by atoms with Gasteiger partial charge in [-0.15, -0.1) is 0 Å². The molecule has 1 aliphatic rings. The van der Waals surface area contributed by atoms with Crippen molar-refractivity contribution in [1.29, 1.82) is 0 Å². The highest BCUT2D eigenvalue weighted by Gasteiger charge is 2.20. The Labute approximate surface area is 163 Å². The minimum absolute atomic E-state index is 0.312. The van der Waals surface area contributed by atoms with Crippen molar-refractivity contribution in [3.8, 4) is 5.75 Å². The summed E-state index contributed by atoms with van der Waals surface area (Å²) in [6.07, 6.45) is 1.51. The van der Waals surface area contributed by atoms with E-state index in [1.807, 2.05) is 24.3 Å². The highest BCUT2D eigenvalue weighted by atomic mass is 19.1. The Hall–Kier alpha value is -3.35. The number of halogens is 1. The average molecular weight is 379 g/mol. The van der Waals surface area contributed by atoms with Crippen LogP contribution in [0, 0.1) is 5.82 Å². The lowest BCUT2D eigenvalue weighted by molar-refractivity contribution is 0.413. The Balaban J connectivity index is 1.44. The van der Waals surface area contributed by atoms with Gasteiger partial charge in [-0.25, -0.2) is 14.4 Å². The van der Waals surface area contributed by atoms with Gasteiger partial charge in [0.1, 0.15) is 29.5 Å². The summed E-state index contributed by atoms with van der Waals surface area (Å²) in [7, 11) is 1.69. The lowest BCUT2D eigenvalue weighted by Gasteiger charge is -2.37. The van der Waals surface area contributed by atoms with E-state index in [0.717, 1.165) is 43.4 Å². The van der Waals surface area contributed by atoms with Crippen LogP contribution in [0.2, 0.25) is 0 Å². The molecule has 28 heavy (non-hydrogen) atoms. The van der Waals surface area contributed by atoms with Crippen LogP contribution in [0.3, 0.4) is 0 Å². The molecule has 4 rings (SSSR count). The van der Waals surface area contributed by atoms with Gasteiger partial charge in [0, 0.05) is 32.2 Å². The van der Waals surface area contributed by atoms with Crippen molar-refractivity contribution in [3.05, 3.63) is 66.7 Å². The standard InChI is InChI=1S/C21H22FN5O/c1-28-19-9-5-4-8-18(19)26-10-12-27(13-11-26)21-14-20(23-15-24-21)25-17-7-3-2-6-16(17)22/h2-9,14-15H,10-13H2,1H3,(H,23,24,25). The molecule has 1 aliphatic heterocycles. The molecule has 0 radical (unpaired) electrons. The number of nitrogens with one attached hydrogen (secondary N) is 1. The Kier molecular flexibility index (Phi) is 5.23. The molecule has 1 saturated heterocycles. The summed E-state index contributed by atoms with van der Waals surface area (Å²) in [5.41, 5.74) is 1.50. The molecule has 0 atom stereocenters. The maximum Gasteiger partial charge on any atom is 0.146 e. The van der Waals surface area contributed by atoms with Gasteiger partial charge in [-0.2, -0.15) is 0 Å². The zero-order valence-electron chi connectivity index (χ0n) is 15.7. The summed E-state index contributed by atoms with van der Waals surface area (Å²) < 4.78 is 19.3. The van der Waals surface area contributed by atoms with Crippen molar-refractivity contribution >= 4 is 23.0 Å². The third kappa shape index (κ3) is 3.83. The van der Waals surface area contributed by atoms with Crippen molar-refractivity contribution in [1.82, 2.24) is 9.97 Å². The molecule has 0 unspecified atom stereocenters. The molecular weight excluding hydrogens is 357 g/mol. The first kappa shape index (κ1) is 18.0. The zero-order valence-corrected chi connectivity index (χ0v) is 15.7. The highest BCUT2D eigenvalue weighted by Crippen LogP contribution is 2.29. The second kappa shape index (κ2) is 8.12. The molecule has 7 heteroatoms. The number of aromatic nitrogens is 2. The molecule has 3 aromatic rings. The largest absolute Gasteiger partial charge is 0.495 e. The number of methoxy groups -OCH3 is 1. The molecule has 0 saturated carbocycles. The van der Waals surface area contributed by atoms with E-state index in [0.29, 0.717) is 11.5 Å². The van der Waals surface area contributed by atoms with Gasteiger partial charge in [-0.05, 0) is 24.3 Å². The van der Waals surface area contributed by atoms with E-state index >= 15 is 0 Å². The van der Waals surface area contributed by atoms with Crippen LogP contribution in [0.4, 0.5) is 27.4 Å². The normalized spacial score (nSPS) is 14.1. The van der Waals surface area contributed by atoms with Gasteiger partial charge in [0.2, 0.25) is 0 Å². The van der Waals surface area contributed by atoms with Crippen molar-refractivity contribution < 1.29 is 9.13 Å². The Morgan fingerprint density at radius 1 is 0.929 bits per heavy atom. The molecule has 144 valence electrons. The van der Waals surface area contributed by atoms with Gasteiger partial charge < -0.3 is 19.9 Å². The summed E-state index contributed by atoms with van der Waals surface area (Å²) >= 11 is 0. The first-order valence-corrected chi connectivity index (χ1v) is 9.21. The molecule has 0 amide bonds. The number of rotatable bonds is 5. The fraction of sp³-hybridized carbons (Fsp3) is 0.238. The van der Waals surface area contributed by atoms with E-state index in [4.69, 9.17) is 4.74 Å². The third-order valence-electron chi connectivity index (χ3n) is 4.82. The van der Waals surface area contributed by atoms with E-state index in [1.165, 1.54) is 12.4 Å². The highest BCUT2D eigenvalue weighted by molar-refractivity contribution is 5.61. The summed E-state index contributed by atoms with van der Waals surface area (Å²) in [6, 6.07) is 16.5. The second-order valence-corrected chi connectivity index (χ2v) is 6.51. The fourth-order valence-electron chi connectivity index (χ4n) is 3.36. The summed E-state index contributed by atoms with van der Waals surface area (Å²) in [6.45, 7) is 3.38. The first-order chi connectivity index (χ1) is 13.7. The maximum atomic E-state index is 13.9. The van der Waals surface area contributed by atoms with Gasteiger partial charge in [0.25, 0.3) is 0 Å². The van der Waals surface area contributed by atoms with Crippen molar-refractivity contribution in [2.75, 3.05) is 48.4 Å². The van der Waals surface area contributed by atoms with Crippen molar-refractivity contribution in [3.63, 3.8) is 0 Å². The molecule has 2 heterocycles. The molecule has 0 spiro atoms. The number of ether oxygens (including phenoxy) is 1. The molecule has 6 nitrogen and oxygen atoms in total. The number of anilines is 4. The summed E-state index contributed by atoms with van der Waals surface area (Å²) in [4.78, 5) is 13.1. The van der Waals surface area contributed by atoms with E-state index < -0.39 is 0 Å². The van der Waals surface area contributed by atoms with E-state index in [-0.39, 0.29) is 5.82 Å². The van der Waals surface area contributed by atoms with Crippen LogP contribution in [-0.2, 0) is 0 Å². The minimum atomic E-state index is -0.312. The molecule has 0 aliphatic carbocycles. The van der Waals surface area contributed by atoms with Crippen LogP contribution in [0.15, 0.2) is 60.9 Å². The van der Waals surface area contributed by atoms with Gasteiger partial charge in [-0.1, -0.05) is 24.3 Å². The van der Waals surface area contributed by atoms with Gasteiger partial charge >= 0.3 is 0 Å². The Morgan fingerprint density at radius 3 is 2.43 bits per heavy atom. The maximum absolute atomic E-state index is 13.9. The van der Waals surface area contributed by atoms with Crippen molar-refractivity contribution in [2.45, 2.75) is 0 Å². The van der Waals surface area contributed by atoms with E-state index in [2.05, 4.69) is 31.2 Å². The molecule has 1 aromatic heterocycles. The fourth-order valence-corrected chi connectivity index (χ4v) is 3.36. The molecule has 1 N–H and O–H groups in total. The third-order valence-corrected chi connectivity index (χ3v) is 4.82. The minimum Gasteiger partial charge on any atom is -0.495 e. The number of hydrogen-bond donors (Lipinski definition) is 1. The molecule has 2 aromatic carbocycles. The van der Waals surface area contributed by atoms with E-state index in [1.54, 1.807) is 25.3 Å². The summed E-state index contributed by atoms with van der Waals surface area (Å²) in [5, 5.41) is 3.02. The smallest absolute Gasteiger partial charge is 0.146 e. The molecular formula is C21H22FN5O. The Morgan fingerprint density at radius 2 is 1.64 bits per heavy atom. The van der Waals surface area contributed by atoms with Gasteiger partial charge in [0.05, 0.1) is 18.5 Å². The molecule has 0 bridgehead atoms. The predicted octanol–water partition coefficient (Wildman–Crippen LogP) is 3.69. The van der Waals surface area contributed by atoms with Crippen LogP contribution in [0.25, 0.3) is 0 Å². The quantitative estimate of drug-likeness (QED) is 0.730. The lowest BCUT2D eigenvalue weighted by Crippen LogP contribution is -2.47. The van der Waals surface area contributed by atoms with Crippen LogP contribution in [-0.4, -0.2) is 43.3 Å². The topological polar surface area (TPSA) is 53.5 Å². The van der Waals surface area contributed by atoms with E-state index in [9.17, 15) is 4.39 Å². The van der Waals surface area contributed by atoms with Crippen LogP contribution in [0.1, 0.15) is 0 Å². The van der Waals surface area contributed by atoms with Crippen LogP contribution in [0.5, 0.6) is 5.75 Å². The Bertz CT molecular complexity index is 943. The number of nitrogens with zero attached hydrogens (tertiary/aromatic N) is 4. The SMILES string of the molecule is COc1ccccc1N1CCN(c2cc(Nc3ccccc3F)ncn2)CC1.